The van der Waals surface area contributed by atoms with Gasteiger partial charge in [0.25, 0.3) is 5.91 Å². The summed E-state index contributed by atoms with van der Waals surface area (Å²) in [5.41, 5.74) is 2.79. The lowest BCUT2D eigenvalue weighted by atomic mass is 10.1. The Balaban J connectivity index is 1.92. The number of carbonyl (C=O) groups excluding carboxylic acids is 2. The Kier molecular flexibility index (Phi) is 6.79. The van der Waals surface area contributed by atoms with Crippen LogP contribution in [0.3, 0.4) is 0 Å². The van der Waals surface area contributed by atoms with E-state index in [9.17, 15) is 14.7 Å². The summed E-state index contributed by atoms with van der Waals surface area (Å²) < 4.78 is 10.3. The third-order valence-corrected chi connectivity index (χ3v) is 4.02. The van der Waals surface area contributed by atoms with Gasteiger partial charge in [-0.1, -0.05) is 0 Å². The van der Waals surface area contributed by atoms with E-state index in [0.717, 1.165) is 11.1 Å². The summed E-state index contributed by atoms with van der Waals surface area (Å²) in [6, 6.07) is 10.3. The number of benzene rings is 2. The van der Waals surface area contributed by atoms with Crippen molar-refractivity contribution in [3.05, 3.63) is 47.5 Å². The standard InChI is InChI=1S/C20H24N2O5/c1-12-9-14(5-7-17(12)26-3)21-19(24)11-16(23)20(25)22-15-6-8-18(27-4)13(2)10-15/h5-10,16,23H,11H2,1-4H3,(H,21,24)(H,22,25)/t16-/m0/s1. The van der Waals surface area contributed by atoms with Gasteiger partial charge in [0, 0.05) is 11.4 Å². The number of hydrogen-bond acceptors (Lipinski definition) is 5. The number of carbonyl (C=O) groups is 2. The third-order valence-electron chi connectivity index (χ3n) is 4.02. The molecule has 7 nitrogen and oxygen atoms in total. The molecule has 0 bridgehead atoms. The summed E-state index contributed by atoms with van der Waals surface area (Å²) >= 11 is 0. The number of aliphatic hydroxyl groups excluding tert-OH is 1. The van der Waals surface area contributed by atoms with Crippen molar-refractivity contribution in [1.82, 2.24) is 0 Å². The Morgan fingerprint density at radius 2 is 1.41 bits per heavy atom. The van der Waals surface area contributed by atoms with Gasteiger partial charge in [0.05, 0.1) is 20.6 Å². The number of ether oxygens (including phenoxy) is 2. The molecule has 0 saturated heterocycles. The van der Waals surface area contributed by atoms with Crippen molar-refractivity contribution in [1.29, 1.82) is 0 Å². The molecule has 0 spiro atoms. The molecule has 0 unspecified atom stereocenters. The lowest BCUT2D eigenvalue weighted by molar-refractivity contribution is -0.128. The predicted octanol–water partition coefficient (Wildman–Crippen LogP) is 2.65. The Hall–Kier alpha value is -3.06. The fourth-order valence-electron chi connectivity index (χ4n) is 2.62. The van der Waals surface area contributed by atoms with Gasteiger partial charge in [-0.25, -0.2) is 0 Å². The zero-order valence-electron chi connectivity index (χ0n) is 15.8. The Labute approximate surface area is 158 Å². The number of aliphatic hydroxyl groups is 1. The predicted molar refractivity (Wildman–Crippen MR) is 103 cm³/mol. The molecular formula is C20H24N2O5. The van der Waals surface area contributed by atoms with Crippen LogP contribution in [-0.4, -0.2) is 37.2 Å². The zero-order chi connectivity index (χ0) is 20.0. The molecule has 7 heteroatoms. The smallest absolute Gasteiger partial charge is 0.253 e. The van der Waals surface area contributed by atoms with Gasteiger partial charge in [-0.2, -0.15) is 0 Å². The zero-order valence-corrected chi connectivity index (χ0v) is 15.8. The summed E-state index contributed by atoms with van der Waals surface area (Å²) in [7, 11) is 3.13. The van der Waals surface area contributed by atoms with E-state index >= 15 is 0 Å². The van der Waals surface area contributed by atoms with Gasteiger partial charge >= 0.3 is 0 Å². The third kappa shape index (κ3) is 5.46. The van der Waals surface area contributed by atoms with Gasteiger partial charge in [-0.05, 0) is 61.4 Å². The van der Waals surface area contributed by atoms with Crippen LogP contribution in [0, 0.1) is 13.8 Å². The van der Waals surface area contributed by atoms with E-state index in [1.165, 1.54) is 0 Å². The highest BCUT2D eigenvalue weighted by Gasteiger charge is 2.19. The topological polar surface area (TPSA) is 96.9 Å². The fraction of sp³-hybridized carbons (Fsp3) is 0.300. The number of anilines is 2. The summed E-state index contributed by atoms with van der Waals surface area (Å²) in [5, 5.41) is 15.3. The minimum Gasteiger partial charge on any atom is -0.496 e. The van der Waals surface area contributed by atoms with E-state index < -0.39 is 17.9 Å². The summed E-state index contributed by atoms with van der Waals surface area (Å²) in [4.78, 5) is 24.2. The van der Waals surface area contributed by atoms with E-state index in [4.69, 9.17) is 9.47 Å². The van der Waals surface area contributed by atoms with Gasteiger partial charge < -0.3 is 25.2 Å². The van der Waals surface area contributed by atoms with Gasteiger partial charge in [0.2, 0.25) is 5.91 Å². The molecule has 1 atom stereocenters. The Bertz CT molecular complexity index is 835. The highest BCUT2D eigenvalue weighted by molar-refractivity contribution is 5.99. The van der Waals surface area contributed by atoms with Crippen molar-refractivity contribution in [2.24, 2.45) is 0 Å². The van der Waals surface area contributed by atoms with Crippen LogP contribution < -0.4 is 20.1 Å². The van der Waals surface area contributed by atoms with Gasteiger partial charge in [0.15, 0.2) is 0 Å². The first-order valence-corrected chi connectivity index (χ1v) is 8.42. The van der Waals surface area contributed by atoms with Crippen LogP contribution in [0.1, 0.15) is 17.5 Å². The van der Waals surface area contributed by atoms with E-state index in [1.54, 1.807) is 50.6 Å². The number of nitrogens with one attached hydrogen (secondary N) is 2. The molecule has 2 amide bonds. The largest absolute Gasteiger partial charge is 0.496 e. The molecule has 0 aliphatic heterocycles. The molecule has 2 rings (SSSR count). The minimum atomic E-state index is -1.47. The van der Waals surface area contributed by atoms with Crippen molar-refractivity contribution >= 4 is 23.2 Å². The number of hydrogen-bond donors (Lipinski definition) is 3. The summed E-state index contributed by atoms with van der Waals surface area (Å²) in [6.45, 7) is 3.70. The number of rotatable bonds is 7. The molecule has 0 aliphatic rings. The first-order valence-electron chi connectivity index (χ1n) is 8.42. The van der Waals surface area contributed by atoms with Crippen LogP contribution >= 0.6 is 0 Å². The second kappa shape index (κ2) is 9.05. The monoisotopic (exact) mass is 372 g/mol. The van der Waals surface area contributed by atoms with Gasteiger partial charge in [-0.3, -0.25) is 9.59 Å². The van der Waals surface area contributed by atoms with E-state index in [2.05, 4.69) is 10.6 Å². The lowest BCUT2D eigenvalue weighted by Gasteiger charge is -2.13. The molecule has 0 aromatic heterocycles. The van der Waals surface area contributed by atoms with E-state index in [0.29, 0.717) is 22.9 Å². The number of aryl methyl sites for hydroxylation is 2. The van der Waals surface area contributed by atoms with Crippen molar-refractivity contribution in [3.63, 3.8) is 0 Å². The molecule has 144 valence electrons. The SMILES string of the molecule is COc1ccc(NC(=O)C[C@H](O)C(=O)Nc2ccc(OC)c(C)c2)cc1C. The molecule has 0 heterocycles. The normalized spacial score (nSPS) is 11.4. The van der Waals surface area contributed by atoms with Crippen LogP contribution in [0.4, 0.5) is 11.4 Å². The second-order valence-electron chi connectivity index (χ2n) is 6.13. The molecule has 0 saturated carbocycles. The molecule has 0 radical (unpaired) electrons. The van der Waals surface area contributed by atoms with Crippen LogP contribution in [0.2, 0.25) is 0 Å². The molecule has 2 aromatic carbocycles. The maximum Gasteiger partial charge on any atom is 0.253 e. The summed E-state index contributed by atoms with van der Waals surface area (Å²) in [6.07, 6.45) is -1.82. The average Bonchev–Trinajstić information content (AvgIpc) is 2.62. The van der Waals surface area contributed by atoms with Crippen LogP contribution in [0.5, 0.6) is 11.5 Å². The summed E-state index contributed by atoms with van der Waals surface area (Å²) in [5.74, 6) is 0.290. The molecule has 2 aromatic rings. The molecule has 27 heavy (non-hydrogen) atoms. The molecule has 0 fully saturated rings. The number of methoxy groups -OCH3 is 2. The first kappa shape index (κ1) is 20.3. The van der Waals surface area contributed by atoms with Crippen molar-refractivity contribution in [2.75, 3.05) is 24.9 Å². The highest BCUT2D eigenvalue weighted by Crippen LogP contribution is 2.22. The van der Waals surface area contributed by atoms with Crippen LogP contribution in [0.25, 0.3) is 0 Å². The minimum absolute atomic E-state index is 0.355. The molecule has 0 aliphatic carbocycles. The maximum absolute atomic E-state index is 12.1. The van der Waals surface area contributed by atoms with Crippen molar-refractivity contribution in [3.8, 4) is 11.5 Å². The van der Waals surface area contributed by atoms with Crippen LogP contribution in [0.15, 0.2) is 36.4 Å². The van der Waals surface area contributed by atoms with E-state index in [-0.39, 0.29) is 6.42 Å². The molecular weight excluding hydrogens is 348 g/mol. The van der Waals surface area contributed by atoms with E-state index in [1.807, 2.05) is 13.8 Å². The second-order valence-corrected chi connectivity index (χ2v) is 6.13. The highest BCUT2D eigenvalue weighted by atomic mass is 16.5. The maximum atomic E-state index is 12.1. The Morgan fingerprint density at radius 1 is 0.926 bits per heavy atom. The van der Waals surface area contributed by atoms with Crippen molar-refractivity contribution in [2.45, 2.75) is 26.4 Å². The average molecular weight is 372 g/mol. The van der Waals surface area contributed by atoms with Gasteiger partial charge in [-0.15, -0.1) is 0 Å². The quantitative estimate of drug-likeness (QED) is 0.694. The Morgan fingerprint density at radius 3 is 1.85 bits per heavy atom. The fourth-order valence-corrected chi connectivity index (χ4v) is 2.62. The van der Waals surface area contributed by atoms with Crippen molar-refractivity contribution < 1.29 is 24.2 Å². The molecule has 3 N–H and O–H groups in total. The van der Waals surface area contributed by atoms with Gasteiger partial charge in [0.1, 0.15) is 17.6 Å². The van der Waals surface area contributed by atoms with Crippen LogP contribution in [-0.2, 0) is 9.59 Å². The first-order chi connectivity index (χ1) is 12.8. The lowest BCUT2D eigenvalue weighted by Crippen LogP contribution is -2.31. The number of amides is 2.